The van der Waals surface area contributed by atoms with Crippen LogP contribution >= 0.6 is 11.6 Å². The van der Waals surface area contributed by atoms with Gasteiger partial charge in [-0.05, 0) is 30.0 Å². The molecule has 1 fully saturated rings. The van der Waals surface area contributed by atoms with E-state index in [1.54, 1.807) is 6.07 Å². The van der Waals surface area contributed by atoms with Gasteiger partial charge in [-0.25, -0.2) is 4.98 Å². The smallest absolute Gasteiger partial charge is 0.255 e. The van der Waals surface area contributed by atoms with Gasteiger partial charge in [-0.3, -0.25) is 4.79 Å². The first-order valence-corrected chi connectivity index (χ1v) is 8.24. The van der Waals surface area contributed by atoms with Crippen LogP contribution < -0.4 is 14.4 Å². The predicted octanol–water partition coefficient (Wildman–Crippen LogP) is 3.00. The molecule has 0 saturated heterocycles. The molecule has 1 amide bonds. The van der Waals surface area contributed by atoms with Crippen LogP contribution in [0.4, 0.5) is 14.5 Å². The van der Waals surface area contributed by atoms with Crippen molar-refractivity contribution in [3.8, 4) is 11.8 Å². The zero-order chi connectivity index (χ0) is 18.6. The SMILES string of the molecule is COc1nc(OC)c(F)c(N2Cc3cnc(Cl)cc3C3(CC3)C2=O)c1F. The van der Waals surface area contributed by atoms with Crippen molar-refractivity contribution >= 4 is 23.2 Å². The maximum Gasteiger partial charge on any atom is 0.255 e. The van der Waals surface area contributed by atoms with Gasteiger partial charge >= 0.3 is 0 Å². The third kappa shape index (κ3) is 2.25. The number of carbonyl (C=O) groups is 1. The molecule has 0 atom stereocenters. The maximum atomic E-state index is 14.8. The fraction of sp³-hybridized carbons (Fsp3) is 0.353. The normalized spacial score (nSPS) is 17.3. The number of rotatable bonds is 3. The van der Waals surface area contributed by atoms with Crippen LogP contribution in [0.25, 0.3) is 0 Å². The lowest BCUT2D eigenvalue weighted by Crippen LogP contribution is -2.45. The molecule has 1 aliphatic carbocycles. The maximum absolute atomic E-state index is 14.8. The number of aromatic nitrogens is 2. The van der Waals surface area contributed by atoms with Gasteiger partial charge in [0.05, 0.1) is 26.2 Å². The summed E-state index contributed by atoms with van der Waals surface area (Å²) >= 11 is 5.97. The van der Waals surface area contributed by atoms with Crippen molar-refractivity contribution in [3.63, 3.8) is 0 Å². The van der Waals surface area contributed by atoms with Crippen molar-refractivity contribution in [3.05, 3.63) is 40.2 Å². The molecule has 0 aromatic carbocycles. The van der Waals surface area contributed by atoms with E-state index in [9.17, 15) is 13.6 Å². The third-order valence-corrected chi connectivity index (χ3v) is 5.06. The van der Waals surface area contributed by atoms with Crippen LogP contribution in [0.2, 0.25) is 5.15 Å². The second-order valence-corrected chi connectivity index (χ2v) is 6.63. The molecular formula is C17H14ClF2N3O3. The molecule has 1 spiro atoms. The number of methoxy groups -OCH3 is 2. The number of anilines is 1. The molecule has 2 aromatic rings. The van der Waals surface area contributed by atoms with Crippen molar-refractivity contribution in [2.45, 2.75) is 24.8 Å². The van der Waals surface area contributed by atoms with Gasteiger partial charge in [0.25, 0.3) is 11.8 Å². The van der Waals surface area contributed by atoms with Crippen molar-refractivity contribution in [2.75, 3.05) is 19.1 Å². The molecule has 136 valence electrons. The monoisotopic (exact) mass is 381 g/mol. The second-order valence-electron chi connectivity index (χ2n) is 6.24. The van der Waals surface area contributed by atoms with Crippen LogP contribution in [0.5, 0.6) is 11.8 Å². The van der Waals surface area contributed by atoms with Crippen molar-refractivity contribution < 1.29 is 23.0 Å². The second kappa shape index (κ2) is 5.77. The molecule has 9 heteroatoms. The summed E-state index contributed by atoms with van der Waals surface area (Å²) in [6, 6.07) is 1.65. The Bertz CT molecular complexity index is 906. The summed E-state index contributed by atoms with van der Waals surface area (Å²) < 4.78 is 39.3. The van der Waals surface area contributed by atoms with Crippen molar-refractivity contribution in [1.29, 1.82) is 0 Å². The fourth-order valence-electron chi connectivity index (χ4n) is 3.43. The molecule has 0 unspecified atom stereocenters. The van der Waals surface area contributed by atoms with E-state index in [-0.39, 0.29) is 17.6 Å². The van der Waals surface area contributed by atoms with E-state index >= 15 is 0 Å². The largest absolute Gasteiger partial charge is 0.479 e. The van der Waals surface area contributed by atoms with Gasteiger partial charge in [0, 0.05) is 6.20 Å². The van der Waals surface area contributed by atoms with Gasteiger partial charge in [-0.1, -0.05) is 11.6 Å². The Morgan fingerprint density at radius 3 is 2.35 bits per heavy atom. The number of nitrogens with zero attached hydrogens (tertiary/aromatic N) is 3. The zero-order valence-electron chi connectivity index (χ0n) is 14.0. The predicted molar refractivity (Wildman–Crippen MR) is 88.6 cm³/mol. The highest BCUT2D eigenvalue weighted by Crippen LogP contribution is 2.54. The van der Waals surface area contributed by atoms with Gasteiger partial charge in [0.1, 0.15) is 10.8 Å². The Labute approximate surface area is 152 Å². The summed E-state index contributed by atoms with van der Waals surface area (Å²) in [7, 11) is 2.41. The summed E-state index contributed by atoms with van der Waals surface area (Å²) in [6.45, 7) is -0.0375. The Balaban J connectivity index is 1.90. The molecule has 26 heavy (non-hydrogen) atoms. The molecule has 6 nitrogen and oxygen atoms in total. The molecule has 1 aliphatic heterocycles. The minimum atomic E-state index is -1.06. The highest BCUT2D eigenvalue weighted by molar-refractivity contribution is 6.29. The Morgan fingerprint density at radius 1 is 1.19 bits per heavy atom. The van der Waals surface area contributed by atoms with Crippen molar-refractivity contribution in [2.24, 2.45) is 0 Å². The first-order chi connectivity index (χ1) is 12.4. The minimum Gasteiger partial charge on any atom is -0.479 e. The summed E-state index contributed by atoms with van der Waals surface area (Å²) in [6.07, 6.45) is 2.69. The summed E-state index contributed by atoms with van der Waals surface area (Å²) in [5.74, 6) is -3.40. The Hall–Kier alpha value is -2.48. The highest BCUT2D eigenvalue weighted by Gasteiger charge is 2.57. The van der Waals surface area contributed by atoms with Crippen LogP contribution in [0.3, 0.4) is 0 Å². The van der Waals surface area contributed by atoms with Crippen LogP contribution in [0.1, 0.15) is 24.0 Å². The van der Waals surface area contributed by atoms with E-state index in [0.29, 0.717) is 18.4 Å². The van der Waals surface area contributed by atoms with E-state index in [1.807, 2.05) is 0 Å². The number of halogens is 3. The van der Waals surface area contributed by atoms with E-state index in [1.165, 1.54) is 20.4 Å². The number of fused-ring (bicyclic) bond motifs is 2. The van der Waals surface area contributed by atoms with Crippen LogP contribution in [-0.2, 0) is 16.8 Å². The molecule has 0 bridgehead atoms. The minimum absolute atomic E-state index is 0.0375. The zero-order valence-corrected chi connectivity index (χ0v) is 14.7. The van der Waals surface area contributed by atoms with E-state index in [4.69, 9.17) is 21.1 Å². The average Bonchev–Trinajstić information content (AvgIpc) is 3.42. The molecule has 3 heterocycles. The molecule has 0 radical (unpaired) electrons. The van der Waals surface area contributed by atoms with Crippen LogP contribution in [0.15, 0.2) is 12.3 Å². The van der Waals surface area contributed by atoms with Gasteiger partial charge in [0.15, 0.2) is 0 Å². The lowest BCUT2D eigenvalue weighted by molar-refractivity contribution is -0.121. The standard InChI is InChI=1S/C17H14ClF2N3O3/c1-25-14-11(19)13(12(20)15(22-14)26-2)23-7-8-6-21-10(18)5-9(8)17(3-4-17)16(23)24/h5-6H,3-4,7H2,1-2H3. The van der Waals surface area contributed by atoms with E-state index < -0.39 is 34.5 Å². The lowest BCUT2D eigenvalue weighted by atomic mass is 9.87. The van der Waals surface area contributed by atoms with Gasteiger partial charge in [-0.2, -0.15) is 13.8 Å². The molecule has 2 aliphatic rings. The third-order valence-electron chi connectivity index (χ3n) is 4.85. The van der Waals surface area contributed by atoms with Crippen LogP contribution in [-0.4, -0.2) is 30.1 Å². The lowest BCUT2D eigenvalue weighted by Gasteiger charge is -2.34. The van der Waals surface area contributed by atoms with Crippen molar-refractivity contribution in [1.82, 2.24) is 9.97 Å². The number of hydrogen-bond acceptors (Lipinski definition) is 5. The first kappa shape index (κ1) is 17.0. The molecule has 1 saturated carbocycles. The number of hydrogen-bond donors (Lipinski definition) is 0. The number of carbonyl (C=O) groups excluding carboxylic acids is 1. The van der Waals surface area contributed by atoms with Gasteiger partial charge in [0.2, 0.25) is 17.5 Å². The summed E-state index contributed by atoms with van der Waals surface area (Å²) in [5.41, 5.74) is 0.112. The number of amides is 1. The van der Waals surface area contributed by atoms with Crippen LogP contribution in [0, 0.1) is 11.6 Å². The van der Waals surface area contributed by atoms with Gasteiger partial charge < -0.3 is 14.4 Å². The number of pyridine rings is 2. The van der Waals surface area contributed by atoms with E-state index in [2.05, 4.69) is 9.97 Å². The quantitative estimate of drug-likeness (QED) is 0.765. The molecule has 2 aromatic heterocycles. The molecular weight excluding hydrogens is 368 g/mol. The topological polar surface area (TPSA) is 64.6 Å². The summed E-state index contributed by atoms with van der Waals surface area (Å²) in [4.78, 5) is 21.9. The first-order valence-electron chi connectivity index (χ1n) is 7.86. The highest BCUT2D eigenvalue weighted by atomic mass is 35.5. The fourth-order valence-corrected chi connectivity index (χ4v) is 3.59. The number of ether oxygens (including phenoxy) is 2. The molecule has 0 N–H and O–H groups in total. The average molecular weight is 382 g/mol. The van der Waals surface area contributed by atoms with Gasteiger partial charge in [-0.15, -0.1) is 0 Å². The Morgan fingerprint density at radius 2 is 1.81 bits per heavy atom. The molecule has 4 rings (SSSR count). The summed E-state index contributed by atoms with van der Waals surface area (Å²) in [5, 5.41) is 0.279. The van der Waals surface area contributed by atoms with E-state index in [0.717, 1.165) is 10.5 Å². The Kier molecular flexibility index (Phi) is 3.76.